The van der Waals surface area contributed by atoms with Gasteiger partial charge in [0.15, 0.2) is 0 Å². The zero-order chi connectivity index (χ0) is 19.9. The predicted octanol–water partition coefficient (Wildman–Crippen LogP) is 2.19. The third-order valence-corrected chi connectivity index (χ3v) is 4.86. The lowest BCUT2D eigenvalue weighted by molar-refractivity contribution is -0.198. The van der Waals surface area contributed by atoms with E-state index in [0.717, 1.165) is 10.4 Å². The summed E-state index contributed by atoms with van der Waals surface area (Å²) in [5, 5.41) is 4.74. The number of carbonyl (C=O) groups excluding carboxylic acids is 4. The highest BCUT2D eigenvalue weighted by Crippen LogP contribution is 2.16. The van der Waals surface area contributed by atoms with Gasteiger partial charge in [0.05, 0.1) is 0 Å². The Bertz CT molecular complexity index is 837. The lowest BCUT2D eigenvalue weighted by Crippen LogP contribution is -2.46. The molecule has 1 N–H and O–H groups in total. The zero-order valence-electron chi connectivity index (χ0n) is 14.8. The van der Waals surface area contributed by atoms with Gasteiger partial charge < -0.3 is 14.9 Å². The van der Waals surface area contributed by atoms with Crippen molar-refractivity contribution < 1.29 is 28.8 Å². The Morgan fingerprint density at radius 1 is 1.07 bits per heavy atom. The van der Waals surface area contributed by atoms with Gasteiger partial charge in [-0.1, -0.05) is 36.4 Å². The van der Waals surface area contributed by atoms with Crippen LogP contribution >= 0.6 is 11.3 Å². The van der Waals surface area contributed by atoms with Gasteiger partial charge in [0.1, 0.15) is 12.6 Å². The van der Waals surface area contributed by atoms with Crippen molar-refractivity contribution in [2.75, 3.05) is 0 Å². The maximum absolute atomic E-state index is 12.5. The first-order chi connectivity index (χ1) is 13.5. The molecule has 0 bridgehead atoms. The van der Waals surface area contributed by atoms with Crippen molar-refractivity contribution in [3.8, 4) is 0 Å². The average molecular weight is 402 g/mol. The van der Waals surface area contributed by atoms with Crippen molar-refractivity contribution >= 4 is 35.2 Å². The molecule has 1 aliphatic rings. The van der Waals surface area contributed by atoms with Crippen LogP contribution in [0.15, 0.2) is 47.8 Å². The summed E-state index contributed by atoms with van der Waals surface area (Å²) in [6.45, 7) is 0.0382. The molecule has 2 heterocycles. The quantitative estimate of drug-likeness (QED) is 0.713. The van der Waals surface area contributed by atoms with Crippen LogP contribution in [0.2, 0.25) is 0 Å². The van der Waals surface area contributed by atoms with Gasteiger partial charge in [0.2, 0.25) is 0 Å². The molecule has 9 heteroatoms. The normalized spacial score (nSPS) is 14.6. The highest BCUT2D eigenvalue weighted by Gasteiger charge is 2.35. The van der Waals surface area contributed by atoms with E-state index in [9.17, 15) is 19.2 Å². The first kappa shape index (κ1) is 19.6. The second-order valence-corrected chi connectivity index (χ2v) is 7.07. The van der Waals surface area contributed by atoms with Crippen molar-refractivity contribution in [3.05, 3.63) is 58.3 Å². The summed E-state index contributed by atoms with van der Waals surface area (Å²) in [5.41, 5.74) is 0.795. The molecule has 1 saturated heterocycles. The maximum atomic E-state index is 12.5. The number of hydroxylamine groups is 2. The van der Waals surface area contributed by atoms with Crippen LogP contribution in [-0.4, -0.2) is 35.0 Å². The molecule has 0 saturated carbocycles. The van der Waals surface area contributed by atoms with Crippen molar-refractivity contribution in [3.63, 3.8) is 0 Å². The Hall–Kier alpha value is -3.20. The summed E-state index contributed by atoms with van der Waals surface area (Å²) < 4.78 is 5.14. The number of nitrogens with one attached hydrogen (secondary N) is 1. The number of carbonyl (C=O) groups is 4. The van der Waals surface area contributed by atoms with E-state index in [0.29, 0.717) is 5.06 Å². The number of ether oxygens (including phenoxy) is 1. The molecule has 28 heavy (non-hydrogen) atoms. The van der Waals surface area contributed by atoms with Gasteiger partial charge in [-0.25, -0.2) is 9.59 Å². The van der Waals surface area contributed by atoms with Crippen molar-refractivity contribution in [2.45, 2.75) is 31.9 Å². The third kappa shape index (κ3) is 5.17. The molecule has 0 radical (unpaired) electrons. The third-order valence-electron chi connectivity index (χ3n) is 3.96. The van der Waals surface area contributed by atoms with Crippen molar-refractivity contribution in [2.24, 2.45) is 0 Å². The second-order valence-electron chi connectivity index (χ2n) is 6.03. The van der Waals surface area contributed by atoms with Gasteiger partial charge in [-0.2, -0.15) is 0 Å². The summed E-state index contributed by atoms with van der Waals surface area (Å²) >= 11 is 1.40. The van der Waals surface area contributed by atoms with E-state index >= 15 is 0 Å². The van der Waals surface area contributed by atoms with Crippen LogP contribution in [0.25, 0.3) is 0 Å². The summed E-state index contributed by atoms with van der Waals surface area (Å²) in [6.07, 6.45) is -0.670. The van der Waals surface area contributed by atoms with Gasteiger partial charge in [0.25, 0.3) is 11.8 Å². The molecular formula is C19H18N2O6S. The van der Waals surface area contributed by atoms with Gasteiger partial charge in [-0.3, -0.25) is 9.59 Å². The Balaban J connectivity index is 1.62. The van der Waals surface area contributed by atoms with Crippen LogP contribution in [0, 0.1) is 0 Å². The lowest BCUT2D eigenvalue weighted by atomic mass is 10.2. The van der Waals surface area contributed by atoms with Crippen LogP contribution in [0.5, 0.6) is 0 Å². The molecule has 3 rings (SSSR count). The van der Waals surface area contributed by atoms with Crippen molar-refractivity contribution in [1.82, 2.24) is 10.4 Å². The van der Waals surface area contributed by atoms with Gasteiger partial charge >= 0.3 is 12.1 Å². The molecule has 1 aliphatic heterocycles. The monoisotopic (exact) mass is 402 g/mol. The topological polar surface area (TPSA) is 102 Å². The van der Waals surface area contributed by atoms with E-state index in [1.165, 1.54) is 11.3 Å². The number of hydrogen-bond acceptors (Lipinski definition) is 7. The number of thiophene rings is 1. The molecule has 8 nitrogen and oxygen atoms in total. The molecule has 0 unspecified atom stereocenters. The fraction of sp³-hybridized carbons (Fsp3) is 0.263. The number of amides is 3. The molecule has 1 fully saturated rings. The smallest absolute Gasteiger partial charge is 0.408 e. The number of benzene rings is 1. The molecule has 1 atom stereocenters. The van der Waals surface area contributed by atoms with Crippen LogP contribution < -0.4 is 5.32 Å². The number of imide groups is 1. The summed E-state index contributed by atoms with van der Waals surface area (Å²) in [7, 11) is 0. The van der Waals surface area contributed by atoms with Crippen molar-refractivity contribution in [1.29, 1.82) is 0 Å². The Morgan fingerprint density at radius 2 is 1.79 bits per heavy atom. The van der Waals surface area contributed by atoms with Gasteiger partial charge in [-0.05, 0) is 17.0 Å². The van der Waals surface area contributed by atoms with E-state index < -0.39 is 29.9 Å². The van der Waals surface area contributed by atoms with Gasteiger partial charge in [0, 0.05) is 24.1 Å². The maximum Gasteiger partial charge on any atom is 0.408 e. The van der Waals surface area contributed by atoms with E-state index in [1.807, 2.05) is 29.6 Å². The minimum absolute atomic E-state index is 0.00570. The van der Waals surface area contributed by atoms with E-state index in [1.54, 1.807) is 18.2 Å². The first-order valence-electron chi connectivity index (χ1n) is 8.60. The standard InChI is InChI=1S/C19H18N2O6S/c22-16-8-9-17(23)21(16)27-18(24)15(11-14-7-4-10-28-14)20-19(25)26-12-13-5-2-1-3-6-13/h1-7,10,15H,8-9,11-12H2,(H,20,25)/t15-/m0/s1. The zero-order valence-corrected chi connectivity index (χ0v) is 15.6. The van der Waals surface area contributed by atoms with E-state index in [-0.39, 0.29) is 25.9 Å². The van der Waals surface area contributed by atoms with Crippen LogP contribution in [-0.2, 0) is 37.0 Å². The summed E-state index contributed by atoms with van der Waals surface area (Å²) in [5.74, 6) is -2.08. The van der Waals surface area contributed by atoms with E-state index in [2.05, 4.69) is 5.32 Å². The number of nitrogens with zero attached hydrogens (tertiary/aromatic N) is 1. The highest BCUT2D eigenvalue weighted by atomic mass is 32.1. The number of alkyl carbamates (subject to hydrolysis) is 1. The predicted molar refractivity (Wildman–Crippen MR) is 98.8 cm³/mol. The summed E-state index contributed by atoms with van der Waals surface area (Å²) in [6, 6.07) is 11.6. The van der Waals surface area contributed by atoms with Crippen LogP contribution in [0.1, 0.15) is 23.3 Å². The fourth-order valence-electron chi connectivity index (χ4n) is 2.54. The Morgan fingerprint density at radius 3 is 2.43 bits per heavy atom. The molecule has 2 aromatic rings. The minimum atomic E-state index is -1.11. The number of rotatable bonds is 7. The molecule has 146 valence electrons. The molecular weight excluding hydrogens is 384 g/mol. The molecule has 1 aromatic heterocycles. The Labute approximate surface area is 165 Å². The highest BCUT2D eigenvalue weighted by molar-refractivity contribution is 7.09. The Kier molecular flexibility index (Phi) is 6.38. The first-order valence-corrected chi connectivity index (χ1v) is 9.48. The molecule has 0 aliphatic carbocycles. The fourth-order valence-corrected chi connectivity index (χ4v) is 3.29. The summed E-state index contributed by atoms with van der Waals surface area (Å²) in [4.78, 5) is 53.7. The average Bonchev–Trinajstić information content (AvgIpc) is 3.32. The lowest BCUT2D eigenvalue weighted by Gasteiger charge is -2.19. The molecule has 0 spiro atoms. The largest absolute Gasteiger partial charge is 0.445 e. The molecule has 3 amide bonds. The molecule has 1 aromatic carbocycles. The van der Waals surface area contributed by atoms with Crippen LogP contribution in [0.4, 0.5) is 4.79 Å². The van der Waals surface area contributed by atoms with Crippen LogP contribution in [0.3, 0.4) is 0 Å². The minimum Gasteiger partial charge on any atom is -0.445 e. The number of hydrogen-bond donors (Lipinski definition) is 1. The second kappa shape index (κ2) is 9.14. The SMILES string of the molecule is O=C(N[C@@H](Cc1cccs1)C(=O)ON1C(=O)CCC1=O)OCc1ccccc1. The van der Waals surface area contributed by atoms with E-state index in [4.69, 9.17) is 9.57 Å². The van der Waals surface area contributed by atoms with Gasteiger partial charge in [-0.15, -0.1) is 16.4 Å².